The van der Waals surface area contributed by atoms with Crippen molar-refractivity contribution in [1.29, 1.82) is 0 Å². The van der Waals surface area contributed by atoms with Crippen molar-refractivity contribution >= 4 is 15.8 Å². The Balaban J connectivity index is 1.79. The van der Waals surface area contributed by atoms with Gasteiger partial charge in [-0.1, -0.05) is 5.16 Å². The number of rotatable bonds is 4. The predicted molar refractivity (Wildman–Crippen MR) is 94.7 cm³/mol. The largest absolute Gasteiger partial charge is 0.496 e. The lowest BCUT2D eigenvalue weighted by Gasteiger charge is -2.34. The Kier molecular flexibility index (Phi) is 4.75. The van der Waals surface area contributed by atoms with Crippen LogP contribution in [-0.4, -0.2) is 51.2 Å². The van der Waals surface area contributed by atoms with Gasteiger partial charge in [-0.15, -0.1) is 0 Å². The van der Waals surface area contributed by atoms with Gasteiger partial charge in [0.25, 0.3) is 0 Å². The van der Waals surface area contributed by atoms with Crippen molar-refractivity contribution in [2.75, 3.05) is 38.2 Å². The molecule has 1 aromatic carbocycles. The van der Waals surface area contributed by atoms with Gasteiger partial charge in [-0.2, -0.15) is 4.31 Å². The van der Waals surface area contributed by atoms with Gasteiger partial charge < -0.3 is 14.2 Å². The molecule has 0 saturated carbocycles. The Hall–Kier alpha value is -2.06. The molecular formula is C17H23N3O4S. The number of benzene rings is 1. The minimum Gasteiger partial charge on any atom is -0.496 e. The summed E-state index contributed by atoms with van der Waals surface area (Å²) in [6, 6.07) is 5.33. The standard InChI is InChI=1S/C17H23N3O4S/c1-12-10-16(13(2)9-15(12)23-4)25(21,22)20-7-5-19(6-8-20)17-11-14(3)24-18-17/h9-11H,5-8H2,1-4H3. The van der Waals surface area contributed by atoms with E-state index in [0.29, 0.717) is 42.4 Å². The van der Waals surface area contributed by atoms with Crippen molar-refractivity contribution < 1.29 is 17.7 Å². The van der Waals surface area contributed by atoms with E-state index in [1.807, 2.05) is 24.8 Å². The number of aryl methyl sites for hydroxylation is 3. The fraction of sp³-hybridized carbons (Fsp3) is 0.471. The van der Waals surface area contributed by atoms with Crippen LogP contribution < -0.4 is 9.64 Å². The van der Waals surface area contributed by atoms with Gasteiger partial charge in [0, 0.05) is 32.2 Å². The normalized spacial score (nSPS) is 16.2. The first-order valence-corrected chi connectivity index (χ1v) is 9.60. The summed E-state index contributed by atoms with van der Waals surface area (Å²) in [5.74, 6) is 2.20. The number of aromatic nitrogens is 1. The first-order chi connectivity index (χ1) is 11.8. The SMILES string of the molecule is COc1cc(C)c(S(=O)(=O)N2CCN(c3cc(C)on3)CC2)cc1C. The molecule has 3 rings (SSSR count). The molecule has 2 heterocycles. The number of sulfonamides is 1. The van der Waals surface area contributed by atoms with E-state index in [2.05, 4.69) is 5.16 Å². The van der Waals surface area contributed by atoms with Crippen LogP contribution in [0.1, 0.15) is 16.9 Å². The van der Waals surface area contributed by atoms with E-state index < -0.39 is 10.0 Å². The lowest BCUT2D eigenvalue weighted by molar-refractivity contribution is 0.371. The van der Waals surface area contributed by atoms with Crippen molar-refractivity contribution in [3.8, 4) is 5.75 Å². The molecule has 0 radical (unpaired) electrons. The van der Waals surface area contributed by atoms with Crippen molar-refractivity contribution in [2.45, 2.75) is 25.7 Å². The van der Waals surface area contributed by atoms with E-state index in [0.717, 1.165) is 17.1 Å². The summed E-state index contributed by atoms with van der Waals surface area (Å²) in [5, 5.41) is 4.00. The molecule has 0 N–H and O–H groups in total. The van der Waals surface area contributed by atoms with Crippen molar-refractivity contribution in [1.82, 2.24) is 9.46 Å². The summed E-state index contributed by atoms with van der Waals surface area (Å²) in [7, 11) is -1.95. The van der Waals surface area contributed by atoms with E-state index >= 15 is 0 Å². The lowest BCUT2D eigenvalue weighted by atomic mass is 10.1. The monoisotopic (exact) mass is 365 g/mol. The molecule has 7 nitrogen and oxygen atoms in total. The zero-order chi connectivity index (χ0) is 18.2. The van der Waals surface area contributed by atoms with Gasteiger partial charge >= 0.3 is 0 Å². The minimum atomic E-state index is -3.53. The Morgan fingerprint density at radius 1 is 1.04 bits per heavy atom. The van der Waals surface area contributed by atoms with Crippen LogP contribution in [0.2, 0.25) is 0 Å². The highest BCUT2D eigenvalue weighted by Crippen LogP contribution is 2.28. The molecule has 0 amide bonds. The summed E-state index contributed by atoms with van der Waals surface area (Å²) in [4.78, 5) is 2.38. The molecule has 0 bridgehead atoms. The van der Waals surface area contributed by atoms with Gasteiger partial charge in [0.2, 0.25) is 10.0 Å². The highest BCUT2D eigenvalue weighted by atomic mass is 32.2. The van der Waals surface area contributed by atoms with Gasteiger partial charge in [0.05, 0.1) is 12.0 Å². The van der Waals surface area contributed by atoms with E-state index in [-0.39, 0.29) is 0 Å². The van der Waals surface area contributed by atoms with E-state index in [9.17, 15) is 8.42 Å². The maximum Gasteiger partial charge on any atom is 0.243 e. The fourth-order valence-corrected chi connectivity index (χ4v) is 4.77. The molecular weight excluding hydrogens is 342 g/mol. The number of hydrogen-bond acceptors (Lipinski definition) is 6. The molecule has 0 aliphatic carbocycles. The summed E-state index contributed by atoms with van der Waals surface area (Å²) in [5.41, 5.74) is 1.50. The second kappa shape index (κ2) is 6.68. The highest BCUT2D eigenvalue weighted by molar-refractivity contribution is 7.89. The third kappa shape index (κ3) is 3.36. The molecule has 0 unspecified atom stereocenters. The van der Waals surface area contributed by atoms with Crippen molar-refractivity contribution in [3.05, 3.63) is 35.1 Å². The van der Waals surface area contributed by atoms with Crippen LogP contribution in [-0.2, 0) is 10.0 Å². The van der Waals surface area contributed by atoms with Crippen molar-refractivity contribution in [3.63, 3.8) is 0 Å². The zero-order valence-corrected chi connectivity index (χ0v) is 15.8. The summed E-state index contributed by atoms with van der Waals surface area (Å²) in [6.45, 7) is 7.48. The molecule has 0 spiro atoms. The van der Waals surface area contributed by atoms with Crippen LogP contribution in [0.15, 0.2) is 27.6 Å². The number of nitrogens with zero attached hydrogens (tertiary/aromatic N) is 3. The summed E-state index contributed by atoms with van der Waals surface area (Å²) >= 11 is 0. The number of methoxy groups -OCH3 is 1. The van der Waals surface area contributed by atoms with Crippen LogP contribution in [0, 0.1) is 20.8 Å². The smallest absolute Gasteiger partial charge is 0.243 e. The van der Waals surface area contributed by atoms with Crippen LogP contribution in [0.5, 0.6) is 5.75 Å². The molecule has 1 aliphatic heterocycles. The number of hydrogen-bond donors (Lipinski definition) is 0. The maximum absolute atomic E-state index is 13.0. The molecule has 0 atom stereocenters. The molecule has 1 saturated heterocycles. The Morgan fingerprint density at radius 2 is 1.72 bits per heavy atom. The Bertz CT molecular complexity index is 868. The van der Waals surface area contributed by atoms with Gasteiger partial charge in [-0.05, 0) is 44.0 Å². The van der Waals surface area contributed by atoms with Gasteiger partial charge in [0.15, 0.2) is 5.82 Å². The zero-order valence-electron chi connectivity index (χ0n) is 14.9. The molecule has 1 aromatic heterocycles. The van der Waals surface area contributed by atoms with E-state index in [4.69, 9.17) is 9.26 Å². The van der Waals surface area contributed by atoms with Crippen LogP contribution in [0.25, 0.3) is 0 Å². The van der Waals surface area contributed by atoms with Crippen LogP contribution in [0.3, 0.4) is 0 Å². The van der Waals surface area contributed by atoms with Gasteiger partial charge in [-0.25, -0.2) is 8.42 Å². The van der Waals surface area contributed by atoms with Crippen LogP contribution in [0.4, 0.5) is 5.82 Å². The number of anilines is 1. The first kappa shape index (κ1) is 17.8. The average Bonchev–Trinajstić information content (AvgIpc) is 3.03. The molecule has 2 aromatic rings. The molecule has 25 heavy (non-hydrogen) atoms. The minimum absolute atomic E-state index is 0.344. The quantitative estimate of drug-likeness (QED) is 0.826. The fourth-order valence-electron chi connectivity index (χ4n) is 3.06. The van der Waals surface area contributed by atoms with Gasteiger partial charge in [-0.3, -0.25) is 0 Å². The molecule has 8 heteroatoms. The summed E-state index contributed by atoms with van der Waals surface area (Å²) in [6.07, 6.45) is 0. The molecule has 136 valence electrons. The molecule has 1 fully saturated rings. The number of piperazine rings is 1. The van der Waals surface area contributed by atoms with E-state index in [1.165, 1.54) is 4.31 Å². The van der Waals surface area contributed by atoms with Crippen molar-refractivity contribution in [2.24, 2.45) is 0 Å². The average molecular weight is 365 g/mol. The Morgan fingerprint density at radius 3 is 2.28 bits per heavy atom. The number of ether oxygens (including phenoxy) is 1. The predicted octanol–water partition coefficient (Wildman–Crippen LogP) is 2.12. The van der Waals surface area contributed by atoms with E-state index in [1.54, 1.807) is 26.2 Å². The van der Waals surface area contributed by atoms with Crippen LogP contribution >= 0.6 is 0 Å². The van der Waals surface area contributed by atoms with Gasteiger partial charge in [0.1, 0.15) is 11.5 Å². The first-order valence-electron chi connectivity index (χ1n) is 8.16. The third-order valence-corrected chi connectivity index (χ3v) is 6.53. The maximum atomic E-state index is 13.0. The Labute approximate surface area is 148 Å². The second-order valence-corrected chi connectivity index (χ2v) is 8.18. The second-order valence-electron chi connectivity index (χ2n) is 6.27. The molecule has 1 aliphatic rings. The third-order valence-electron chi connectivity index (χ3n) is 4.49. The highest BCUT2D eigenvalue weighted by Gasteiger charge is 2.30. The topological polar surface area (TPSA) is 75.9 Å². The lowest BCUT2D eigenvalue weighted by Crippen LogP contribution is -2.48. The summed E-state index contributed by atoms with van der Waals surface area (Å²) < 4.78 is 38.0.